The number of methoxy groups -OCH3 is 1. The summed E-state index contributed by atoms with van der Waals surface area (Å²) >= 11 is 0. The Bertz CT molecular complexity index is 278. The van der Waals surface area contributed by atoms with Crippen LogP contribution in [-0.2, 0) is 4.74 Å². The SMILES string of the molecule is COCCCN(C)c1cncc(N)c1. The molecule has 0 aromatic carbocycles. The molecule has 0 atom stereocenters. The number of anilines is 2. The summed E-state index contributed by atoms with van der Waals surface area (Å²) in [4.78, 5) is 6.15. The van der Waals surface area contributed by atoms with Crippen molar-refractivity contribution in [2.45, 2.75) is 6.42 Å². The normalized spacial score (nSPS) is 10.1. The monoisotopic (exact) mass is 195 g/mol. The molecular weight excluding hydrogens is 178 g/mol. The fourth-order valence-corrected chi connectivity index (χ4v) is 1.23. The number of nitrogens with two attached hydrogens (primary N) is 1. The molecule has 78 valence electrons. The van der Waals surface area contributed by atoms with E-state index in [0.29, 0.717) is 5.69 Å². The molecule has 14 heavy (non-hydrogen) atoms. The summed E-state index contributed by atoms with van der Waals surface area (Å²) in [5.74, 6) is 0. The maximum Gasteiger partial charge on any atom is 0.0570 e. The zero-order chi connectivity index (χ0) is 10.4. The van der Waals surface area contributed by atoms with E-state index in [-0.39, 0.29) is 0 Å². The molecular formula is C10H17N3O. The average Bonchev–Trinajstić information content (AvgIpc) is 2.18. The molecule has 0 amide bonds. The number of hydrogen-bond acceptors (Lipinski definition) is 4. The number of pyridine rings is 1. The molecule has 0 aliphatic rings. The second-order valence-electron chi connectivity index (χ2n) is 3.24. The van der Waals surface area contributed by atoms with Gasteiger partial charge in [-0.25, -0.2) is 0 Å². The van der Waals surface area contributed by atoms with Gasteiger partial charge in [0.1, 0.15) is 0 Å². The van der Waals surface area contributed by atoms with Crippen molar-refractivity contribution >= 4 is 11.4 Å². The number of nitrogens with zero attached hydrogens (tertiary/aromatic N) is 2. The first-order chi connectivity index (χ1) is 6.74. The molecule has 4 nitrogen and oxygen atoms in total. The van der Waals surface area contributed by atoms with Crippen LogP contribution in [0.25, 0.3) is 0 Å². The standard InChI is InChI=1S/C10H17N3O/c1-13(4-3-5-14-2)10-6-9(11)7-12-8-10/h6-8H,3-5,11H2,1-2H3. The lowest BCUT2D eigenvalue weighted by molar-refractivity contribution is 0.196. The largest absolute Gasteiger partial charge is 0.397 e. The number of aromatic nitrogens is 1. The van der Waals surface area contributed by atoms with Gasteiger partial charge in [-0.05, 0) is 12.5 Å². The summed E-state index contributed by atoms with van der Waals surface area (Å²) in [5.41, 5.74) is 7.38. The third-order valence-electron chi connectivity index (χ3n) is 2.03. The fraction of sp³-hybridized carbons (Fsp3) is 0.500. The number of ether oxygens (including phenoxy) is 1. The van der Waals surface area contributed by atoms with Gasteiger partial charge >= 0.3 is 0 Å². The van der Waals surface area contributed by atoms with E-state index in [2.05, 4.69) is 9.88 Å². The first kappa shape index (κ1) is 10.8. The van der Waals surface area contributed by atoms with Gasteiger partial charge in [-0.2, -0.15) is 0 Å². The van der Waals surface area contributed by atoms with Crippen molar-refractivity contribution in [2.75, 3.05) is 37.9 Å². The molecule has 0 aliphatic heterocycles. The third kappa shape index (κ3) is 3.22. The molecule has 0 radical (unpaired) electrons. The zero-order valence-corrected chi connectivity index (χ0v) is 8.73. The lowest BCUT2D eigenvalue weighted by Crippen LogP contribution is -2.19. The van der Waals surface area contributed by atoms with Gasteiger partial charge in [0.15, 0.2) is 0 Å². The Balaban J connectivity index is 2.47. The molecule has 0 spiro atoms. The van der Waals surface area contributed by atoms with Gasteiger partial charge in [-0.1, -0.05) is 0 Å². The van der Waals surface area contributed by atoms with Crippen molar-refractivity contribution in [3.05, 3.63) is 18.5 Å². The second kappa shape index (κ2) is 5.44. The predicted molar refractivity (Wildman–Crippen MR) is 58.4 cm³/mol. The van der Waals surface area contributed by atoms with E-state index in [9.17, 15) is 0 Å². The van der Waals surface area contributed by atoms with Crippen LogP contribution < -0.4 is 10.6 Å². The fourth-order valence-electron chi connectivity index (χ4n) is 1.23. The van der Waals surface area contributed by atoms with E-state index >= 15 is 0 Å². The highest BCUT2D eigenvalue weighted by atomic mass is 16.5. The van der Waals surface area contributed by atoms with Crippen molar-refractivity contribution in [1.29, 1.82) is 0 Å². The van der Waals surface area contributed by atoms with Gasteiger partial charge in [-0.3, -0.25) is 4.98 Å². The molecule has 1 rings (SSSR count). The van der Waals surface area contributed by atoms with Crippen LogP contribution in [0.3, 0.4) is 0 Å². The first-order valence-corrected chi connectivity index (χ1v) is 4.64. The third-order valence-corrected chi connectivity index (χ3v) is 2.03. The number of hydrogen-bond donors (Lipinski definition) is 1. The molecule has 0 saturated heterocycles. The van der Waals surface area contributed by atoms with E-state index in [4.69, 9.17) is 10.5 Å². The summed E-state index contributed by atoms with van der Waals surface area (Å²) in [6, 6.07) is 1.92. The number of nitrogen functional groups attached to an aromatic ring is 1. The lowest BCUT2D eigenvalue weighted by atomic mass is 10.3. The highest BCUT2D eigenvalue weighted by molar-refractivity contribution is 5.52. The van der Waals surface area contributed by atoms with Crippen molar-refractivity contribution in [1.82, 2.24) is 4.98 Å². The van der Waals surface area contributed by atoms with Crippen molar-refractivity contribution in [3.8, 4) is 0 Å². The molecule has 0 aliphatic carbocycles. The maximum absolute atomic E-state index is 5.64. The zero-order valence-electron chi connectivity index (χ0n) is 8.73. The minimum Gasteiger partial charge on any atom is -0.397 e. The Morgan fingerprint density at radius 1 is 1.50 bits per heavy atom. The van der Waals surface area contributed by atoms with Gasteiger partial charge < -0.3 is 15.4 Å². The molecule has 0 unspecified atom stereocenters. The van der Waals surface area contributed by atoms with Gasteiger partial charge in [0.05, 0.1) is 17.6 Å². The van der Waals surface area contributed by atoms with Crippen LogP contribution in [0, 0.1) is 0 Å². The molecule has 1 aromatic heterocycles. The van der Waals surface area contributed by atoms with E-state index in [1.54, 1.807) is 13.3 Å². The molecule has 2 N–H and O–H groups in total. The Hall–Kier alpha value is -1.29. The van der Waals surface area contributed by atoms with Crippen molar-refractivity contribution < 1.29 is 4.74 Å². The summed E-state index contributed by atoms with van der Waals surface area (Å²) < 4.78 is 4.98. The Kier molecular flexibility index (Phi) is 4.19. The van der Waals surface area contributed by atoms with Crippen molar-refractivity contribution in [3.63, 3.8) is 0 Å². The minimum absolute atomic E-state index is 0.695. The molecule has 0 fully saturated rings. The lowest BCUT2D eigenvalue weighted by Gasteiger charge is -2.18. The quantitative estimate of drug-likeness (QED) is 0.716. The van der Waals surface area contributed by atoms with E-state index < -0.39 is 0 Å². The van der Waals surface area contributed by atoms with Gasteiger partial charge in [0.25, 0.3) is 0 Å². The maximum atomic E-state index is 5.64. The predicted octanol–water partition coefficient (Wildman–Crippen LogP) is 1.14. The Morgan fingerprint density at radius 2 is 2.29 bits per heavy atom. The van der Waals surface area contributed by atoms with E-state index in [1.807, 2.05) is 19.3 Å². The first-order valence-electron chi connectivity index (χ1n) is 4.64. The van der Waals surface area contributed by atoms with Gasteiger partial charge in [0.2, 0.25) is 0 Å². The van der Waals surface area contributed by atoms with Gasteiger partial charge in [-0.15, -0.1) is 0 Å². The van der Waals surface area contributed by atoms with Crippen LogP contribution >= 0.6 is 0 Å². The van der Waals surface area contributed by atoms with Crippen LogP contribution in [0.1, 0.15) is 6.42 Å². The molecule has 4 heteroatoms. The summed E-state index contributed by atoms with van der Waals surface area (Å²) in [6.07, 6.45) is 4.46. The number of rotatable bonds is 5. The minimum atomic E-state index is 0.695. The molecule has 1 aromatic rings. The van der Waals surface area contributed by atoms with E-state index in [1.165, 1.54) is 0 Å². The van der Waals surface area contributed by atoms with Crippen LogP contribution in [-0.4, -0.2) is 32.3 Å². The van der Waals surface area contributed by atoms with Gasteiger partial charge in [0, 0.05) is 33.5 Å². The Morgan fingerprint density at radius 3 is 2.93 bits per heavy atom. The smallest absolute Gasteiger partial charge is 0.0570 e. The summed E-state index contributed by atoms with van der Waals surface area (Å²) in [5, 5.41) is 0. The average molecular weight is 195 g/mol. The van der Waals surface area contributed by atoms with Crippen LogP contribution in [0.4, 0.5) is 11.4 Å². The second-order valence-corrected chi connectivity index (χ2v) is 3.24. The highest BCUT2D eigenvalue weighted by Crippen LogP contribution is 2.13. The highest BCUT2D eigenvalue weighted by Gasteiger charge is 2.00. The van der Waals surface area contributed by atoms with Crippen LogP contribution in [0.15, 0.2) is 18.5 Å². The summed E-state index contributed by atoms with van der Waals surface area (Å²) in [6.45, 7) is 1.72. The molecule has 0 bridgehead atoms. The van der Waals surface area contributed by atoms with Crippen LogP contribution in [0.2, 0.25) is 0 Å². The summed E-state index contributed by atoms with van der Waals surface area (Å²) in [7, 11) is 3.73. The van der Waals surface area contributed by atoms with Crippen molar-refractivity contribution in [2.24, 2.45) is 0 Å². The molecule has 0 saturated carbocycles. The Labute approximate surface area is 84.7 Å². The van der Waals surface area contributed by atoms with E-state index in [0.717, 1.165) is 25.3 Å². The topological polar surface area (TPSA) is 51.4 Å². The molecule has 1 heterocycles. The van der Waals surface area contributed by atoms with Crippen LogP contribution in [0.5, 0.6) is 0 Å².